The zero-order chi connectivity index (χ0) is 13.3. The first-order valence-electron chi connectivity index (χ1n) is 5.13. The van der Waals surface area contributed by atoms with E-state index in [0.717, 1.165) is 5.56 Å². The average Bonchev–Trinajstić information content (AvgIpc) is 2.63. The maximum absolute atomic E-state index is 13.1. The molecule has 2 rings (SSSR count). The summed E-state index contributed by atoms with van der Waals surface area (Å²) in [4.78, 5) is 0. The molecule has 1 aromatic heterocycles. The molecule has 0 aliphatic carbocycles. The van der Waals surface area contributed by atoms with Gasteiger partial charge in [0.25, 0.3) is 0 Å². The van der Waals surface area contributed by atoms with Crippen molar-refractivity contribution >= 4 is 51.8 Å². The van der Waals surface area contributed by atoms with Crippen LogP contribution in [0.15, 0.2) is 24.3 Å². The second-order valence-electron chi connectivity index (χ2n) is 3.77. The highest BCUT2D eigenvalue weighted by Crippen LogP contribution is 2.37. The summed E-state index contributed by atoms with van der Waals surface area (Å²) in [6, 6.07) is 5.85. The predicted octanol–water partition coefficient (Wildman–Crippen LogP) is 6.02. The lowest BCUT2D eigenvalue weighted by Gasteiger charge is -2.16. The van der Waals surface area contributed by atoms with Crippen LogP contribution in [0, 0.1) is 5.82 Å². The van der Waals surface area contributed by atoms with Crippen LogP contribution in [0.3, 0.4) is 0 Å². The van der Waals surface area contributed by atoms with Crippen molar-refractivity contribution < 1.29 is 4.39 Å². The number of thiophene rings is 1. The third kappa shape index (κ3) is 3.09. The molecule has 1 aromatic carbocycles. The van der Waals surface area contributed by atoms with Gasteiger partial charge in [0.15, 0.2) is 0 Å². The Balaban J connectivity index is 2.23. The van der Waals surface area contributed by atoms with Gasteiger partial charge in [-0.15, -0.1) is 11.3 Å². The lowest BCUT2D eigenvalue weighted by atomic mass is 10.1. The van der Waals surface area contributed by atoms with Crippen molar-refractivity contribution in [3.05, 3.63) is 49.3 Å². The van der Waals surface area contributed by atoms with Crippen molar-refractivity contribution in [3.8, 4) is 0 Å². The summed E-state index contributed by atoms with van der Waals surface area (Å²) in [5.74, 6) is -0.344. The molecular weight excluding hydrogens is 316 g/mol. The van der Waals surface area contributed by atoms with Crippen molar-refractivity contribution in [2.24, 2.45) is 0 Å². The Morgan fingerprint density at radius 1 is 1.22 bits per heavy atom. The first-order valence-corrected chi connectivity index (χ1v) is 7.08. The van der Waals surface area contributed by atoms with Crippen molar-refractivity contribution in [2.45, 2.75) is 13.0 Å². The monoisotopic (exact) mass is 323 g/mol. The van der Waals surface area contributed by atoms with Crippen LogP contribution in [0.5, 0.6) is 0 Å². The van der Waals surface area contributed by atoms with Crippen LogP contribution in [0.4, 0.5) is 10.1 Å². The van der Waals surface area contributed by atoms with Gasteiger partial charge in [-0.3, -0.25) is 0 Å². The molecular formula is C12H9Cl3FNS. The van der Waals surface area contributed by atoms with Gasteiger partial charge in [0, 0.05) is 5.56 Å². The number of benzene rings is 1. The number of rotatable bonds is 3. The number of hydrogen-bond donors (Lipinski definition) is 1. The van der Waals surface area contributed by atoms with E-state index in [-0.39, 0.29) is 11.9 Å². The molecule has 0 radical (unpaired) electrons. The first-order chi connectivity index (χ1) is 8.47. The molecule has 0 aliphatic heterocycles. The maximum atomic E-state index is 13.1. The van der Waals surface area contributed by atoms with Gasteiger partial charge < -0.3 is 5.32 Å². The van der Waals surface area contributed by atoms with E-state index in [0.29, 0.717) is 19.4 Å². The lowest BCUT2D eigenvalue weighted by molar-refractivity contribution is 0.628. The molecule has 0 amide bonds. The number of halogens is 4. The summed E-state index contributed by atoms with van der Waals surface area (Å²) in [5, 5.41) is 3.57. The fourth-order valence-electron chi connectivity index (χ4n) is 1.57. The van der Waals surface area contributed by atoms with Crippen LogP contribution in [0.1, 0.15) is 18.5 Å². The highest BCUT2D eigenvalue weighted by molar-refractivity contribution is 7.20. The van der Waals surface area contributed by atoms with E-state index in [1.54, 1.807) is 6.07 Å². The molecule has 0 fully saturated rings. The molecule has 1 unspecified atom stereocenters. The highest BCUT2D eigenvalue weighted by Gasteiger charge is 2.14. The van der Waals surface area contributed by atoms with E-state index in [4.69, 9.17) is 34.8 Å². The highest BCUT2D eigenvalue weighted by atomic mass is 35.5. The maximum Gasteiger partial charge on any atom is 0.125 e. The largest absolute Gasteiger partial charge is 0.377 e. The molecule has 0 spiro atoms. The van der Waals surface area contributed by atoms with E-state index >= 15 is 0 Å². The van der Waals surface area contributed by atoms with E-state index in [2.05, 4.69) is 5.32 Å². The molecule has 1 atom stereocenters. The van der Waals surface area contributed by atoms with Gasteiger partial charge in [-0.2, -0.15) is 0 Å². The molecule has 1 heterocycles. The second kappa shape index (κ2) is 5.66. The zero-order valence-corrected chi connectivity index (χ0v) is 12.4. The first kappa shape index (κ1) is 13.9. The molecule has 1 nitrogen and oxygen atoms in total. The minimum atomic E-state index is -0.344. The Morgan fingerprint density at radius 2 is 1.94 bits per heavy atom. The fourth-order valence-corrected chi connectivity index (χ4v) is 3.39. The van der Waals surface area contributed by atoms with E-state index < -0.39 is 0 Å². The summed E-state index contributed by atoms with van der Waals surface area (Å²) < 4.78 is 14.4. The van der Waals surface area contributed by atoms with Gasteiger partial charge in [0.1, 0.15) is 5.82 Å². The van der Waals surface area contributed by atoms with Crippen molar-refractivity contribution in [1.82, 2.24) is 0 Å². The van der Waals surface area contributed by atoms with Gasteiger partial charge in [-0.25, -0.2) is 4.39 Å². The van der Waals surface area contributed by atoms with Crippen LogP contribution in [0.25, 0.3) is 0 Å². The van der Waals surface area contributed by atoms with Crippen molar-refractivity contribution in [2.75, 3.05) is 5.32 Å². The normalized spacial score (nSPS) is 12.5. The summed E-state index contributed by atoms with van der Waals surface area (Å²) in [7, 11) is 0. The Hall–Kier alpha value is -0.480. The van der Waals surface area contributed by atoms with E-state index in [1.807, 2.05) is 6.92 Å². The minimum Gasteiger partial charge on any atom is -0.377 e. The van der Waals surface area contributed by atoms with Gasteiger partial charge in [-0.05, 0) is 31.2 Å². The Labute approximate surface area is 123 Å². The quantitative estimate of drug-likeness (QED) is 0.728. The summed E-state index contributed by atoms with van der Waals surface area (Å²) in [5.41, 5.74) is 1.40. The number of nitrogens with one attached hydrogen (secondary N) is 1. The smallest absolute Gasteiger partial charge is 0.125 e. The molecule has 0 saturated carbocycles. The summed E-state index contributed by atoms with van der Waals surface area (Å²) >= 11 is 19.2. The second-order valence-corrected chi connectivity index (χ2v) is 6.46. The molecule has 96 valence electrons. The van der Waals surface area contributed by atoms with Crippen LogP contribution in [0.2, 0.25) is 13.7 Å². The van der Waals surface area contributed by atoms with Crippen LogP contribution in [-0.4, -0.2) is 0 Å². The molecule has 6 heteroatoms. The van der Waals surface area contributed by atoms with Gasteiger partial charge >= 0.3 is 0 Å². The van der Waals surface area contributed by atoms with Crippen LogP contribution in [-0.2, 0) is 0 Å². The van der Waals surface area contributed by atoms with Crippen LogP contribution >= 0.6 is 46.1 Å². The minimum absolute atomic E-state index is 0.111. The molecule has 18 heavy (non-hydrogen) atoms. The van der Waals surface area contributed by atoms with E-state index in [1.165, 1.54) is 29.5 Å². The fraction of sp³-hybridized carbons (Fsp3) is 0.167. The van der Waals surface area contributed by atoms with Crippen molar-refractivity contribution in [1.29, 1.82) is 0 Å². The Bertz CT molecular complexity index is 570. The Kier molecular flexibility index (Phi) is 4.38. The van der Waals surface area contributed by atoms with Gasteiger partial charge in [0.2, 0.25) is 0 Å². The molecule has 0 aliphatic rings. The standard InChI is InChI=1S/C12H9Cl3FNS/c1-6(8-5-11(14)18-12(8)15)17-10-4-7(16)2-3-9(10)13/h2-6,17H,1H3. The molecule has 0 saturated heterocycles. The third-order valence-electron chi connectivity index (χ3n) is 2.45. The van der Waals surface area contributed by atoms with Crippen molar-refractivity contribution in [3.63, 3.8) is 0 Å². The average molecular weight is 325 g/mol. The summed E-state index contributed by atoms with van der Waals surface area (Å²) in [6.45, 7) is 1.91. The third-order valence-corrected chi connectivity index (χ3v) is 4.30. The number of anilines is 1. The Morgan fingerprint density at radius 3 is 2.56 bits per heavy atom. The molecule has 1 N–H and O–H groups in total. The molecule has 2 aromatic rings. The predicted molar refractivity (Wildman–Crippen MR) is 77.8 cm³/mol. The molecule has 0 bridgehead atoms. The SMILES string of the molecule is CC(Nc1cc(F)ccc1Cl)c1cc(Cl)sc1Cl. The summed E-state index contributed by atoms with van der Waals surface area (Å²) in [6.07, 6.45) is 0. The van der Waals surface area contributed by atoms with Crippen LogP contribution < -0.4 is 5.32 Å². The number of hydrogen-bond acceptors (Lipinski definition) is 2. The topological polar surface area (TPSA) is 12.0 Å². The lowest BCUT2D eigenvalue weighted by Crippen LogP contribution is -2.06. The zero-order valence-electron chi connectivity index (χ0n) is 9.31. The van der Waals surface area contributed by atoms with E-state index in [9.17, 15) is 4.39 Å². The van der Waals surface area contributed by atoms with Gasteiger partial charge in [-0.1, -0.05) is 34.8 Å². The van der Waals surface area contributed by atoms with Gasteiger partial charge in [0.05, 0.1) is 25.4 Å².